The van der Waals surface area contributed by atoms with Crippen molar-refractivity contribution in [3.63, 3.8) is 0 Å². The molecule has 2 unspecified atom stereocenters. The second-order valence-electron chi connectivity index (χ2n) is 6.06. The summed E-state index contributed by atoms with van der Waals surface area (Å²) >= 11 is 0. The monoisotopic (exact) mass is 241 g/mol. The molecule has 0 saturated carbocycles. The lowest BCUT2D eigenvalue weighted by Gasteiger charge is -2.40. The molecule has 1 rings (SSSR count). The molecule has 0 spiro atoms. The van der Waals surface area contributed by atoms with Crippen molar-refractivity contribution in [2.45, 2.75) is 59.2 Å². The average Bonchev–Trinajstić information content (AvgIpc) is 2.19. The minimum atomic E-state index is -0.125. The molecule has 4 nitrogen and oxygen atoms in total. The Balaban J connectivity index is 2.49. The summed E-state index contributed by atoms with van der Waals surface area (Å²) in [6.07, 6.45) is 1.08. The lowest BCUT2D eigenvalue weighted by atomic mass is 9.79. The SMILES string of the molecule is CC(C)NC(=O)C(C)NC1CCNCC1(C)C. The predicted molar refractivity (Wildman–Crippen MR) is 70.9 cm³/mol. The highest BCUT2D eigenvalue weighted by atomic mass is 16.2. The van der Waals surface area contributed by atoms with Crippen LogP contribution in [0.5, 0.6) is 0 Å². The van der Waals surface area contributed by atoms with Crippen LogP contribution >= 0.6 is 0 Å². The summed E-state index contributed by atoms with van der Waals surface area (Å²) in [5.41, 5.74) is 0.199. The van der Waals surface area contributed by atoms with E-state index in [2.05, 4.69) is 29.8 Å². The molecule has 100 valence electrons. The zero-order chi connectivity index (χ0) is 13.1. The van der Waals surface area contributed by atoms with Crippen molar-refractivity contribution in [1.29, 1.82) is 0 Å². The first-order valence-corrected chi connectivity index (χ1v) is 6.60. The van der Waals surface area contributed by atoms with Crippen LogP contribution in [0.15, 0.2) is 0 Å². The standard InChI is InChI=1S/C13H27N3O/c1-9(2)15-12(17)10(3)16-11-6-7-14-8-13(11,4)5/h9-11,14,16H,6-8H2,1-5H3,(H,15,17). The van der Waals surface area contributed by atoms with Crippen LogP contribution in [0.4, 0.5) is 0 Å². The Hall–Kier alpha value is -0.610. The van der Waals surface area contributed by atoms with E-state index in [0.29, 0.717) is 6.04 Å². The van der Waals surface area contributed by atoms with Crippen LogP contribution in [0.1, 0.15) is 41.0 Å². The first kappa shape index (κ1) is 14.5. The number of nitrogens with one attached hydrogen (secondary N) is 3. The van der Waals surface area contributed by atoms with Crippen molar-refractivity contribution in [3.8, 4) is 0 Å². The zero-order valence-corrected chi connectivity index (χ0v) is 11.8. The maximum absolute atomic E-state index is 11.8. The minimum absolute atomic E-state index is 0.0920. The normalized spacial score (nSPS) is 25.6. The molecule has 3 N–H and O–H groups in total. The lowest BCUT2D eigenvalue weighted by molar-refractivity contribution is -0.123. The van der Waals surface area contributed by atoms with Crippen molar-refractivity contribution >= 4 is 5.91 Å². The molecule has 1 heterocycles. The molecule has 1 aliphatic rings. The van der Waals surface area contributed by atoms with Gasteiger partial charge in [0.05, 0.1) is 6.04 Å². The van der Waals surface area contributed by atoms with Crippen LogP contribution in [-0.4, -0.2) is 37.1 Å². The van der Waals surface area contributed by atoms with Gasteiger partial charge in [-0.2, -0.15) is 0 Å². The van der Waals surface area contributed by atoms with Crippen LogP contribution in [0.25, 0.3) is 0 Å². The highest BCUT2D eigenvalue weighted by Gasteiger charge is 2.33. The van der Waals surface area contributed by atoms with Gasteiger partial charge in [0.2, 0.25) is 5.91 Å². The number of amides is 1. The third-order valence-electron chi connectivity index (χ3n) is 3.41. The third-order valence-corrected chi connectivity index (χ3v) is 3.41. The minimum Gasteiger partial charge on any atom is -0.353 e. The molecule has 1 amide bonds. The molecule has 0 aliphatic carbocycles. The molecule has 1 fully saturated rings. The molecule has 1 saturated heterocycles. The quantitative estimate of drug-likeness (QED) is 0.685. The molecular weight excluding hydrogens is 214 g/mol. The number of carbonyl (C=O) groups excluding carboxylic acids is 1. The fraction of sp³-hybridized carbons (Fsp3) is 0.923. The number of rotatable bonds is 4. The van der Waals surface area contributed by atoms with Crippen LogP contribution < -0.4 is 16.0 Å². The van der Waals surface area contributed by atoms with Crippen molar-refractivity contribution in [2.24, 2.45) is 5.41 Å². The van der Waals surface area contributed by atoms with Gasteiger partial charge in [0.15, 0.2) is 0 Å². The average molecular weight is 241 g/mol. The van der Waals surface area contributed by atoms with E-state index in [1.807, 2.05) is 20.8 Å². The summed E-state index contributed by atoms with van der Waals surface area (Å²) in [5, 5.41) is 9.80. The van der Waals surface area contributed by atoms with Gasteiger partial charge < -0.3 is 16.0 Å². The van der Waals surface area contributed by atoms with E-state index in [4.69, 9.17) is 0 Å². The van der Waals surface area contributed by atoms with Crippen molar-refractivity contribution in [2.75, 3.05) is 13.1 Å². The van der Waals surface area contributed by atoms with Gasteiger partial charge in [0, 0.05) is 18.6 Å². The highest BCUT2D eigenvalue weighted by Crippen LogP contribution is 2.25. The van der Waals surface area contributed by atoms with Gasteiger partial charge in [0.25, 0.3) is 0 Å². The molecule has 0 aromatic heterocycles. The van der Waals surface area contributed by atoms with E-state index in [-0.39, 0.29) is 23.4 Å². The number of hydrogen-bond acceptors (Lipinski definition) is 3. The molecule has 0 radical (unpaired) electrons. The van der Waals surface area contributed by atoms with Crippen LogP contribution in [0.2, 0.25) is 0 Å². The largest absolute Gasteiger partial charge is 0.353 e. The number of hydrogen-bond donors (Lipinski definition) is 3. The summed E-state index contributed by atoms with van der Waals surface area (Å²) in [4.78, 5) is 11.8. The zero-order valence-electron chi connectivity index (χ0n) is 11.8. The van der Waals surface area contributed by atoms with E-state index in [1.165, 1.54) is 0 Å². The molecule has 0 aromatic rings. The summed E-state index contributed by atoms with van der Waals surface area (Å²) < 4.78 is 0. The Morgan fingerprint density at radius 2 is 2.00 bits per heavy atom. The topological polar surface area (TPSA) is 53.2 Å². The Kier molecular flexibility index (Phi) is 4.95. The van der Waals surface area contributed by atoms with Crippen molar-refractivity contribution in [3.05, 3.63) is 0 Å². The van der Waals surface area contributed by atoms with Crippen LogP contribution in [0.3, 0.4) is 0 Å². The van der Waals surface area contributed by atoms with Gasteiger partial charge in [-0.1, -0.05) is 13.8 Å². The van der Waals surface area contributed by atoms with Gasteiger partial charge in [-0.3, -0.25) is 4.79 Å². The smallest absolute Gasteiger partial charge is 0.237 e. The van der Waals surface area contributed by atoms with E-state index >= 15 is 0 Å². The second-order valence-corrected chi connectivity index (χ2v) is 6.06. The predicted octanol–water partition coefficient (Wildman–Crippen LogP) is 0.877. The maximum Gasteiger partial charge on any atom is 0.237 e. The summed E-state index contributed by atoms with van der Waals surface area (Å²) in [5.74, 6) is 0.0920. The molecule has 1 aliphatic heterocycles. The van der Waals surface area contributed by atoms with Crippen molar-refractivity contribution in [1.82, 2.24) is 16.0 Å². The van der Waals surface area contributed by atoms with E-state index < -0.39 is 0 Å². The first-order valence-electron chi connectivity index (χ1n) is 6.60. The number of carbonyl (C=O) groups is 1. The summed E-state index contributed by atoms with van der Waals surface area (Å²) in [7, 11) is 0. The second kappa shape index (κ2) is 5.83. The van der Waals surface area contributed by atoms with E-state index in [0.717, 1.165) is 19.5 Å². The van der Waals surface area contributed by atoms with E-state index in [9.17, 15) is 4.79 Å². The van der Waals surface area contributed by atoms with Crippen molar-refractivity contribution < 1.29 is 4.79 Å². The van der Waals surface area contributed by atoms with Gasteiger partial charge in [0.1, 0.15) is 0 Å². The molecule has 17 heavy (non-hydrogen) atoms. The van der Waals surface area contributed by atoms with Gasteiger partial charge in [-0.15, -0.1) is 0 Å². The van der Waals surface area contributed by atoms with Gasteiger partial charge >= 0.3 is 0 Å². The highest BCUT2D eigenvalue weighted by molar-refractivity contribution is 5.81. The van der Waals surface area contributed by atoms with E-state index in [1.54, 1.807) is 0 Å². The Bertz CT molecular complexity index is 263. The summed E-state index contributed by atoms with van der Waals surface area (Å²) in [6, 6.07) is 0.476. The fourth-order valence-corrected chi connectivity index (χ4v) is 2.27. The van der Waals surface area contributed by atoms with Gasteiger partial charge in [-0.25, -0.2) is 0 Å². The first-order chi connectivity index (χ1) is 7.83. The summed E-state index contributed by atoms with van der Waals surface area (Å²) in [6.45, 7) is 12.4. The number of piperidine rings is 1. The fourth-order valence-electron chi connectivity index (χ4n) is 2.27. The molecule has 0 bridgehead atoms. The molecule has 4 heteroatoms. The lowest BCUT2D eigenvalue weighted by Crippen LogP contribution is -2.57. The third kappa shape index (κ3) is 4.28. The Labute approximate surface area is 105 Å². The Morgan fingerprint density at radius 3 is 2.53 bits per heavy atom. The van der Waals surface area contributed by atoms with Crippen LogP contribution in [-0.2, 0) is 4.79 Å². The Morgan fingerprint density at radius 1 is 1.35 bits per heavy atom. The molecule has 0 aromatic carbocycles. The maximum atomic E-state index is 11.8. The molecule has 2 atom stereocenters. The van der Waals surface area contributed by atoms with Gasteiger partial charge in [-0.05, 0) is 39.2 Å². The van der Waals surface area contributed by atoms with Crippen LogP contribution in [0, 0.1) is 5.41 Å². The molecular formula is C13H27N3O.